The van der Waals surface area contributed by atoms with Crippen LogP contribution in [0.5, 0.6) is 5.88 Å². The van der Waals surface area contributed by atoms with E-state index in [0.717, 1.165) is 6.20 Å². The van der Waals surface area contributed by atoms with Crippen LogP contribution in [0.25, 0.3) is 11.4 Å². The van der Waals surface area contributed by atoms with Gasteiger partial charge in [-0.3, -0.25) is 0 Å². The molecule has 88 valence electrons. The third-order valence-electron chi connectivity index (χ3n) is 2.19. The Balaban J connectivity index is 2.53. The van der Waals surface area contributed by atoms with Crippen molar-refractivity contribution in [3.05, 3.63) is 30.3 Å². The third kappa shape index (κ3) is 2.15. The van der Waals surface area contributed by atoms with E-state index in [0.29, 0.717) is 17.3 Å². The quantitative estimate of drug-likeness (QED) is 0.876. The van der Waals surface area contributed by atoms with Gasteiger partial charge in [0.2, 0.25) is 5.88 Å². The summed E-state index contributed by atoms with van der Waals surface area (Å²) in [5, 5.41) is 2.66. The molecule has 0 unspecified atom stereocenters. The van der Waals surface area contributed by atoms with Gasteiger partial charge in [0.05, 0.1) is 18.9 Å². The van der Waals surface area contributed by atoms with Crippen molar-refractivity contribution in [3.8, 4) is 17.3 Å². The summed E-state index contributed by atoms with van der Waals surface area (Å²) in [5.41, 5.74) is 0.617. The second-order valence-corrected chi connectivity index (χ2v) is 3.20. The van der Waals surface area contributed by atoms with Crippen molar-refractivity contribution >= 4 is 5.82 Å². The fourth-order valence-electron chi connectivity index (χ4n) is 1.40. The molecular weight excluding hydrogens is 223 g/mol. The molecule has 0 bridgehead atoms. The highest BCUT2D eigenvalue weighted by Gasteiger charge is 2.11. The van der Waals surface area contributed by atoms with Gasteiger partial charge in [-0.2, -0.15) is 0 Å². The summed E-state index contributed by atoms with van der Waals surface area (Å²) in [4.78, 5) is 12.0. The second-order valence-electron chi connectivity index (χ2n) is 3.20. The van der Waals surface area contributed by atoms with E-state index < -0.39 is 5.82 Å². The summed E-state index contributed by atoms with van der Waals surface area (Å²) in [6.45, 7) is 0. The molecule has 0 aliphatic heterocycles. The molecule has 2 rings (SSSR count). The predicted molar refractivity (Wildman–Crippen MR) is 61.3 cm³/mol. The summed E-state index contributed by atoms with van der Waals surface area (Å²) < 4.78 is 18.3. The molecule has 1 N–H and O–H groups in total. The van der Waals surface area contributed by atoms with Crippen LogP contribution in [-0.4, -0.2) is 29.1 Å². The minimum Gasteiger partial charge on any atom is -0.480 e. The fraction of sp³-hybridized carbons (Fsp3) is 0.182. The molecule has 0 aliphatic rings. The van der Waals surface area contributed by atoms with Gasteiger partial charge in [-0.05, 0) is 12.1 Å². The standard InChI is InChI=1S/C11H11FN4O/c1-13-10-8(12)6-15-9(16-10)7-4-3-5-14-11(7)17-2/h3-6H,1-2H3,(H,13,15,16). The van der Waals surface area contributed by atoms with E-state index >= 15 is 0 Å². The molecule has 0 amide bonds. The van der Waals surface area contributed by atoms with Crippen molar-refractivity contribution in [3.63, 3.8) is 0 Å². The molecule has 5 nitrogen and oxygen atoms in total. The fourth-order valence-corrected chi connectivity index (χ4v) is 1.40. The van der Waals surface area contributed by atoms with Crippen molar-refractivity contribution in [1.82, 2.24) is 15.0 Å². The lowest BCUT2D eigenvalue weighted by Crippen LogP contribution is -2.01. The Hall–Kier alpha value is -2.24. The smallest absolute Gasteiger partial charge is 0.224 e. The van der Waals surface area contributed by atoms with Crippen LogP contribution in [0.15, 0.2) is 24.5 Å². The molecule has 0 saturated carbocycles. The maximum absolute atomic E-state index is 13.2. The first-order valence-electron chi connectivity index (χ1n) is 4.96. The SMILES string of the molecule is CNc1nc(-c2cccnc2OC)ncc1F. The minimum absolute atomic E-state index is 0.140. The first-order valence-corrected chi connectivity index (χ1v) is 4.96. The highest BCUT2D eigenvalue weighted by atomic mass is 19.1. The molecular formula is C11H11FN4O. The number of methoxy groups -OCH3 is 1. The molecule has 2 aromatic heterocycles. The number of pyridine rings is 1. The number of anilines is 1. The van der Waals surface area contributed by atoms with Crippen LogP contribution in [-0.2, 0) is 0 Å². The van der Waals surface area contributed by atoms with E-state index in [2.05, 4.69) is 20.3 Å². The average molecular weight is 234 g/mol. The Morgan fingerprint density at radius 1 is 1.35 bits per heavy atom. The number of ether oxygens (including phenoxy) is 1. The number of hydrogen-bond donors (Lipinski definition) is 1. The summed E-state index contributed by atoms with van der Waals surface area (Å²) >= 11 is 0. The van der Waals surface area contributed by atoms with E-state index in [1.54, 1.807) is 25.4 Å². The van der Waals surface area contributed by atoms with Crippen LogP contribution >= 0.6 is 0 Å². The lowest BCUT2D eigenvalue weighted by molar-refractivity contribution is 0.399. The number of aromatic nitrogens is 3. The molecule has 0 aromatic carbocycles. The molecule has 0 aliphatic carbocycles. The zero-order valence-electron chi connectivity index (χ0n) is 9.44. The number of hydrogen-bond acceptors (Lipinski definition) is 5. The molecule has 0 radical (unpaired) electrons. The average Bonchev–Trinajstić information content (AvgIpc) is 2.39. The Morgan fingerprint density at radius 2 is 2.18 bits per heavy atom. The zero-order valence-corrected chi connectivity index (χ0v) is 9.44. The lowest BCUT2D eigenvalue weighted by Gasteiger charge is -2.07. The number of rotatable bonds is 3. The van der Waals surface area contributed by atoms with Gasteiger partial charge in [-0.25, -0.2) is 19.3 Å². The molecule has 17 heavy (non-hydrogen) atoms. The van der Waals surface area contributed by atoms with Crippen LogP contribution in [0.2, 0.25) is 0 Å². The zero-order chi connectivity index (χ0) is 12.3. The van der Waals surface area contributed by atoms with Crippen LogP contribution < -0.4 is 10.1 Å². The van der Waals surface area contributed by atoms with E-state index in [1.165, 1.54) is 7.11 Å². The highest BCUT2D eigenvalue weighted by molar-refractivity contribution is 5.62. The van der Waals surface area contributed by atoms with Gasteiger partial charge < -0.3 is 10.1 Å². The lowest BCUT2D eigenvalue weighted by atomic mass is 10.2. The van der Waals surface area contributed by atoms with E-state index in [-0.39, 0.29) is 5.82 Å². The number of halogens is 1. The monoisotopic (exact) mass is 234 g/mol. The van der Waals surface area contributed by atoms with Crippen molar-refractivity contribution in [2.75, 3.05) is 19.5 Å². The highest BCUT2D eigenvalue weighted by Crippen LogP contribution is 2.25. The molecule has 0 spiro atoms. The van der Waals surface area contributed by atoms with Crippen molar-refractivity contribution < 1.29 is 9.13 Å². The maximum atomic E-state index is 13.2. The Morgan fingerprint density at radius 3 is 2.88 bits per heavy atom. The van der Waals surface area contributed by atoms with Crippen molar-refractivity contribution in [2.24, 2.45) is 0 Å². The number of nitrogens with one attached hydrogen (secondary N) is 1. The Bertz CT molecular complexity index is 533. The van der Waals surface area contributed by atoms with Crippen LogP contribution in [0.3, 0.4) is 0 Å². The molecule has 0 saturated heterocycles. The molecule has 6 heteroatoms. The minimum atomic E-state index is -0.501. The van der Waals surface area contributed by atoms with E-state index in [4.69, 9.17) is 4.74 Å². The summed E-state index contributed by atoms with van der Waals surface area (Å²) in [6.07, 6.45) is 2.71. The van der Waals surface area contributed by atoms with Gasteiger partial charge in [0.25, 0.3) is 0 Å². The van der Waals surface area contributed by atoms with Crippen molar-refractivity contribution in [2.45, 2.75) is 0 Å². The van der Waals surface area contributed by atoms with Gasteiger partial charge >= 0.3 is 0 Å². The summed E-state index contributed by atoms with van der Waals surface area (Å²) in [7, 11) is 3.10. The molecule has 2 heterocycles. The number of nitrogens with zero attached hydrogens (tertiary/aromatic N) is 3. The van der Waals surface area contributed by atoms with Crippen LogP contribution in [0, 0.1) is 5.82 Å². The topological polar surface area (TPSA) is 59.9 Å². The third-order valence-corrected chi connectivity index (χ3v) is 2.19. The van der Waals surface area contributed by atoms with Gasteiger partial charge in [-0.15, -0.1) is 0 Å². The van der Waals surface area contributed by atoms with Gasteiger partial charge in [0.1, 0.15) is 0 Å². The van der Waals surface area contributed by atoms with E-state index in [9.17, 15) is 4.39 Å². The van der Waals surface area contributed by atoms with Crippen LogP contribution in [0.4, 0.5) is 10.2 Å². The van der Waals surface area contributed by atoms with Gasteiger partial charge in [0, 0.05) is 13.2 Å². The Labute approximate surface area is 97.7 Å². The van der Waals surface area contributed by atoms with Gasteiger partial charge in [0.15, 0.2) is 17.5 Å². The predicted octanol–water partition coefficient (Wildman–Crippen LogP) is 1.73. The molecule has 0 fully saturated rings. The largest absolute Gasteiger partial charge is 0.480 e. The second kappa shape index (κ2) is 4.73. The first-order chi connectivity index (χ1) is 8.26. The van der Waals surface area contributed by atoms with Gasteiger partial charge in [-0.1, -0.05) is 0 Å². The molecule has 2 aromatic rings. The van der Waals surface area contributed by atoms with Crippen molar-refractivity contribution in [1.29, 1.82) is 0 Å². The normalized spacial score (nSPS) is 10.1. The maximum Gasteiger partial charge on any atom is 0.224 e. The van der Waals surface area contributed by atoms with E-state index in [1.807, 2.05) is 0 Å². The summed E-state index contributed by atoms with van der Waals surface area (Å²) in [6, 6.07) is 3.50. The molecule has 0 atom stereocenters. The Kier molecular flexibility index (Phi) is 3.13. The van der Waals surface area contributed by atoms with Crippen LogP contribution in [0.1, 0.15) is 0 Å². The summed E-state index contributed by atoms with van der Waals surface area (Å²) in [5.74, 6) is 0.405. The first kappa shape index (κ1) is 11.3.